The van der Waals surface area contributed by atoms with Crippen molar-refractivity contribution in [2.24, 2.45) is 5.92 Å². The fourth-order valence-corrected chi connectivity index (χ4v) is 2.00. The lowest BCUT2D eigenvalue weighted by Gasteiger charge is -2.37. The Labute approximate surface area is 114 Å². The van der Waals surface area contributed by atoms with Gasteiger partial charge < -0.3 is 9.92 Å². The van der Waals surface area contributed by atoms with Crippen molar-refractivity contribution in [3.63, 3.8) is 0 Å². The Morgan fingerprint density at radius 3 is 2.50 bits per heavy atom. The molecule has 0 rings (SSSR count). The zero-order chi connectivity index (χ0) is 14.2. The first-order chi connectivity index (χ1) is 8.38. The molecule has 0 fully saturated rings. The summed E-state index contributed by atoms with van der Waals surface area (Å²) in [4.78, 5) is 13.6. The molecule has 0 aliphatic heterocycles. The maximum absolute atomic E-state index is 12.0. The highest BCUT2D eigenvalue weighted by atomic mass is 16.3. The van der Waals surface area contributed by atoms with Crippen LogP contribution in [0.2, 0.25) is 0 Å². The van der Waals surface area contributed by atoms with E-state index in [-0.39, 0.29) is 18.2 Å². The highest BCUT2D eigenvalue weighted by molar-refractivity contribution is 6.87. The monoisotopic (exact) mass is 250 g/mol. The van der Waals surface area contributed by atoms with Gasteiger partial charge in [-0.25, -0.2) is 0 Å². The Morgan fingerprint density at radius 1 is 1.44 bits per heavy atom. The van der Waals surface area contributed by atoms with Gasteiger partial charge in [-0.2, -0.15) is 0 Å². The summed E-state index contributed by atoms with van der Waals surface area (Å²) in [6.45, 7) is 7.94. The largest absolute Gasteiger partial charge is 0.377 e. The van der Waals surface area contributed by atoms with Crippen molar-refractivity contribution < 1.29 is 9.90 Å². The van der Waals surface area contributed by atoms with Gasteiger partial charge in [-0.15, -0.1) is 0 Å². The normalized spacial score (nSPS) is 16.3. The molecule has 0 saturated carbocycles. The third-order valence-corrected chi connectivity index (χ3v) is 3.39. The van der Waals surface area contributed by atoms with Gasteiger partial charge in [0.2, 0.25) is 0 Å². The molecule has 0 aliphatic carbocycles. The summed E-state index contributed by atoms with van der Waals surface area (Å²) >= 11 is 0. The Morgan fingerprint density at radius 2 is 2.06 bits per heavy atom. The molecule has 2 unspecified atom stereocenters. The lowest BCUT2D eigenvalue weighted by atomic mass is 9.63. The van der Waals surface area contributed by atoms with Gasteiger partial charge in [-0.3, -0.25) is 4.79 Å². The maximum Gasteiger partial charge on any atom is 0.152 e. The third kappa shape index (κ3) is 6.05. The lowest BCUT2D eigenvalue weighted by Crippen LogP contribution is -2.51. The van der Waals surface area contributed by atoms with E-state index in [4.69, 9.17) is 7.74 Å². The molecular weight excluding hydrogens is 224 g/mol. The molecule has 2 atom stereocenters. The molecule has 0 aromatic heterocycles. The van der Waals surface area contributed by atoms with Crippen LogP contribution in [-0.4, -0.2) is 43.0 Å². The van der Waals surface area contributed by atoms with Crippen LogP contribution in [0.5, 0.6) is 0 Å². The van der Waals surface area contributed by atoms with Crippen molar-refractivity contribution in [1.29, 1.82) is 0 Å². The van der Waals surface area contributed by atoms with E-state index in [1.165, 1.54) is 7.31 Å². The summed E-state index contributed by atoms with van der Waals surface area (Å²) in [5, 5.41) is 10.2. The molecule has 101 valence electrons. The number of aliphatic hydroxyl groups is 1. The number of carbonyl (C=O) groups excluding carboxylic acids is 1. The van der Waals surface area contributed by atoms with Crippen molar-refractivity contribution in [2.75, 3.05) is 6.54 Å². The van der Waals surface area contributed by atoms with Crippen LogP contribution < -0.4 is 0 Å². The van der Waals surface area contributed by atoms with E-state index in [0.717, 1.165) is 25.7 Å². The van der Waals surface area contributed by atoms with Gasteiger partial charge in [-0.05, 0) is 19.8 Å². The van der Waals surface area contributed by atoms with Gasteiger partial charge in [0.05, 0.1) is 0 Å². The Kier molecular flexibility index (Phi) is 8.62. The lowest BCUT2D eigenvalue weighted by molar-refractivity contribution is -0.128. The number of hydrogen-bond donors (Lipinski definition) is 1. The molecule has 0 aromatic rings. The number of Topliss-reactive ketones (excluding diaryl/α,β-unsaturated/α-hetero) is 1. The number of hydrogen-bond acceptors (Lipinski definition) is 3. The van der Waals surface area contributed by atoms with E-state index >= 15 is 0 Å². The van der Waals surface area contributed by atoms with Gasteiger partial charge >= 0.3 is 0 Å². The molecule has 5 heteroatoms. The van der Waals surface area contributed by atoms with Crippen molar-refractivity contribution in [1.82, 2.24) is 4.81 Å². The third-order valence-electron chi connectivity index (χ3n) is 3.39. The van der Waals surface area contributed by atoms with Crippen LogP contribution in [0.1, 0.15) is 59.8 Å². The summed E-state index contributed by atoms with van der Waals surface area (Å²) in [7, 11) is 6.85. The van der Waals surface area contributed by atoms with Crippen LogP contribution in [-0.2, 0) is 4.79 Å². The number of ketones is 1. The summed E-state index contributed by atoms with van der Waals surface area (Å²) in [6, 6.07) is 0. The first-order valence-corrected chi connectivity index (χ1v) is 6.95. The number of carbonyl (C=O) groups is 1. The van der Waals surface area contributed by atoms with Gasteiger partial charge in [0.25, 0.3) is 0 Å². The smallest absolute Gasteiger partial charge is 0.152 e. The fraction of sp³-hybridized carbons (Fsp3) is 0.923. The molecule has 0 spiro atoms. The Bertz CT molecular complexity index is 247. The predicted octanol–water partition coefficient (Wildman–Crippen LogP) is 1.90. The first kappa shape index (κ1) is 17.7. The SMILES string of the molecule is [B][B]N(CC(=O)C(C)CCCC)C(C)(O)CCC. The molecule has 0 amide bonds. The van der Waals surface area contributed by atoms with Crippen molar-refractivity contribution >= 4 is 20.8 Å². The highest BCUT2D eigenvalue weighted by Crippen LogP contribution is 2.18. The molecule has 3 radical (unpaired) electrons. The Balaban J connectivity index is 4.39. The average molecular weight is 250 g/mol. The molecule has 0 aliphatic rings. The van der Waals surface area contributed by atoms with Crippen LogP contribution in [0.25, 0.3) is 0 Å². The predicted molar refractivity (Wildman–Crippen MR) is 77.4 cm³/mol. The summed E-state index contributed by atoms with van der Waals surface area (Å²) in [5.74, 6) is 0.173. The standard InChI is InChI=1S/C13H26B2NO2/c1-5-7-8-11(3)12(17)10-16(15-14)13(4,18)9-6-2/h11,18H,5-10H2,1-4H3. The van der Waals surface area contributed by atoms with E-state index in [1.54, 1.807) is 11.7 Å². The van der Waals surface area contributed by atoms with Crippen LogP contribution in [0, 0.1) is 5.92 Å². The van der Waals surface area contributed by atoms with Gasteiger partial charge in [0, 0.05) is 20.2 Å². The van der Waals surface area contributed by atoms with Gasteiger partial charge in [0.15, 0.2) is 7.31 Å². The molecule has 3 nitrogen and oxygen atoms in total. The average Bonchev–Trinajstić information content (AvgIpc) is 2.32. The quantitative estimate of drug-likeness (QED) is 0.475. The molecular formula is C13H26B2NO2. The molecule has 0 aromatic carbocycles. The van der Waals surface area contributed by atoms with E-state index in [9.17, 15) is 9.90 Å². The molecule has 0 saturated heterocycles. The van der Waals surface area contributed by atoms with Crippen molar-refractivity contribution in [3.05, 3.63) is 0 Å². The molecule has 0 bridgehead atoms. The summed E-state index contributed by atoms with van der Waals surface area (Å²) in [6.07, 6.45) is 4.50. The summed E-state index contributed by atoms with van der Waals surface area (Å²) in [5.41, 5.74) is -1.04. The van der Waals surface area contributed by atoms with Crippen LogP contribution >= 0.6 is 0 Å². The van der Waals surface area contributed by atoms with E-state index in [0.29, 0.717) is 6.42 Å². The van der Waals surface area contributed by atoms with Crippen LogP contribution in [0.4, 0.5) is 0 Å². The minimum absolute atomic E-state index is 0.0322. The first-order valence-electron chi connectivity index (χ1n) is 6.95. The van der Waals surface area contributed by atoms with Crippen LogP contribution in [0.15, 0.2) is 0 Å². The van der Waals surface area contributed by atoms with Gasteiger partial charge in [0.1, 0.15) is 11.5 Å². The zero-order valence-corrected chi connectivity index (χ0v) is 12.3. The minimum Gasteiger partial charge on any atom is -0.377 e. The number of nitrogens with zero attached hydrogens (tertiary/aromatic N) is 1. The van der Waals surface area contributed by atoms with Gasteiger partial charge in [-0.1, -0.05) is 40.0 Å². The maximum atomic E-state index is 12.0. The second-order valence-electron chi connectivity index (χ2n) is 5.25. The number of rotatable bonds is 10. The molecule has 18 heavy (non-hydrogen) atoms. The van der Waals surface area contributed by atoms with E-state index in [1.807, 2.05) is 13.8 Å². The minimum atomic E-state index is -1.04. The number of unbranched alkanes of at least 4 members (excludes halogenated alkanes) is 1. The Hall–Kier alpha value is -0.280. The fourth-order valence-electron chi connectivity index (χ4n) is 2.00. The van der Waals surface area contributed by atoms with E-state index in [2.05, 4.69) is 6.92 Å². The summed E-state index contributed by atoms with van der Waals surface area (Å²) < 4.78 is 0. The zero-order valence-electron chi connectivity index (χ0n) is 12.3. The van der Waals surface area contributed by atoms with Crippen molar-refractivity contribution in [2.45, 2.75) is 65.5 Å². The second kappa shape index (κ2) is 8.76. The molecule has 0 heterocycles. The van der Waals surface area contributed by atoms with Crippen molar-refractivity contribution in [3.8, 4) is 0 Å². The van der Waals surface area contributed by atoms with E-state index < -0.39 is 5.72 Å². The van der Waals surface area contributed by atoms with Crippen LogP contribution in [0.3, 0.4) is 0 Å². The molecule has 1 N–H and O–H groups in total. The topological polar surface area (TPSA) is 40.5 Å². The second-order valence-corrected chi connectivity index (χ2v) is 5.25. The highest BCUT2D eigenvalue weighted by Gasteiger charge is 2.28.